The van der Waals surface area contributed by atoms with Crippen molar-refractivity contribution in [3.05, 3.63) is 60.2 Å². The number of fused-ring (bicyclic) bond motifs is 2. The quantitative estimate of drug-likeness (QED) is 0.784. The highest BCUT2D eigenvalue weighted by Gasteiger charge is 2.55. The van der Waals surface area contributed by atoms with Gasteiger partial charge in [0.2, 0.25) is 0 Å². The van der Waals surface area contributed by atoms with E-state index in [2.05, 4.69) is 5.32 Å². The molecule has 27 heavy (non-hydrogen) atoms. The minimum atomic E-state index is -1.13. The van der Waals surface area contributed by atoms with Crippen molar-refractivity contribution in [2.75, 3.05) is 19.8 Å². The summed E-state index contributed by atoms with van der Waals surface area (Å²) in [4.78, 5) is 26.6. The van der Waals surface area contributed by atoms with Gasteiger partial charge in [-0.05, 0) is 18.2 Å². The Morgan fingerprint density at radius 3 is 2.70 bits per heavy atom. The van der Waals surface area contributed by atoms with Gasteiger partial charge in [-0.1, -0.05) is 36.4 Å². The number of rotatable bonds is 5. The molecule has 0 bridgehead atoms. The lowest BCUT2D eigenvalue weighted by atomic mass is 9.84. The second kappa shape index (κ2) is 6.92. The molecule has 2 atom stereocenters. The van der Waals surface area contributed by atoms with E-state index in [9.17, 15) is 14.7 Å². The van der Waals surface area contributed by atoms with Gasteiger partial charge in [0.15, 0.2) is 5.54 Å². The number of aliphatic hydroxyl groups excluding tert-OH is 1. The van der Waals surface area contributed by atoms with E-state index in [1.807, 2.05) is 24.3 Å². The Bertz CT molecular complexity index is 856. The number of carbonyl (C=O) groups is 2. The van der Waals surface area contributed by atoms with Gasteiger partial charge in [0.1, 0.15) is 24.2 Å². The molecule has 2 heterocycles. The monoisotopic (exact) mass is 368 g/mol. The first-order chi connectivity index (χ1) is 13.1. The molecule has 7 nitrogen and oxygen atoms in total. The van der Waals surface area contributed by atoms with Crippen molar-refractivity contribution in [2.24, 2.45) is 0 Å². The third-order valence-electron chi connectivity index (χ3n) is 4.84. The summed E-state index contributed by atoms with van der Waals surface area (Å²) in [6.07, 6.45) is -0.646. The van der Waals surface area contributed by atoms with E-state index in [1.54, 1.807) is 30.3 Å². The number of para-hydroxylation sites is 2. The number of nitrogens with zero attached hydrogens (tertiary/aromatic N) is 1. The van der Waals surface area contributed by atoms with E-state index in [4.69, 9.17) is 9.47 Å². The fourth-order valence-electron chi connectivity index (χ4n) is 3.51. The average Bonchev–Trinajstić information content (AvgIpc) is 2.92. The molecule has 140 valence electrons. The van der Waals surface area contributed by atoms with Crippen LogP contribution in [-0.4, -0.2) is 47.8 Å². The molecule has 0 aromatic heterocycles. The second-order valence-electron chi connectivity index (χ2n) is 6.62. The molecule has 4 rings (SSSR count). The minimum absolute atomic E-state index is 0.0201. The van der Waals surface area contributed by atoms with Crippen molar-refractivity contribution >= 4 is 11.9 Å². The van der Waals surface area contributed by atoms with Gasteiger partial charge in [-0.2, -0.15) is 0 Å². The molecular formula is C20H20N2O5. The summed E-state index contributed by atoms with van der Waals surface area (Å²) in [7, 11) is 0. The van der Waals surface area contributed by atoms with E-state index in [-0.39, 0.29) is 19.1 Å². The summed E-state index contributed by atoms with van der Waals surface area (Å²) in [5, 5.41) is 13.1. The smallest absolute Gasteiger partial charge is 0.325 e. The van der Waals surface area contributed by atoms with Gasteiger partial charge in [-0.25, -0.2) is 4.79 Å². The van der Waals surface area contributed by atoms with Crippen LogP contribution in [0.4, 0.5) is 4.79 Å². The van der Waals surface area contributed by atoms with Crippen molar-refractivity contribution in [3.8, 4) is 11.5 Å². The molecule has 2 N–H and O–H groups in total. The normalized spacial score (nSPS) is 22.2. The van der Waals surface area contributed by atoms with Gasteiger partial charge >= 0.3 is 6.03 Å². The summed E-state index contributed by atoms with van der Waals surface area (Å²) in [5.41, 5.74) is -0.488. The van der Waals surface area contributed by atoms with Gasteiger partial charge in [0.05, 0.1) is 13.2 Å². The molecule has 0 saturated carbocycles. The first-order valence-corrected chi connectivity index (χ1v) is 8.82. The predicted molar refractivity (Wildman–Crippen MR) is 96.4 cm³/mol. The Kier molecular flexibility index (Phi) is 4.45. The van der Waals surface area contributed by atoms with Crippen molar-refractivity contribution in [2.45, 2.75) is 18.1 Å². The maximum Gasteiger partial charge on any atom is 0.325 e. The van der Waals surface area contributed by atoms with Gasteiger partial charge < -0.3 is 19.9 Å². The maximum absolute atomic E-state index is 13.1. The number of nitrogens with one attached hydrogen (secondary N) is 1. The summed E-state index contributed by atoms with van der Waals surface area (Å²) in [6.45, 7) is 0.173. The van der Waals surface area contributed by atoms with Crippen LogP contribution in [0.5, 0.6) is 11.5 Å². The second-order valence-corrected chi connectivity index (χ2v) is 6.62. The number of imide groups is 1. The lowest BCUT2D eigenvalue weighted by Gasteiger charge is -2.33. The fraction of sp³-hybridized carbons (Fsp3) is 0.300. The van der Waals surface area contributed by atoms with Gasteiger partial charge in [-0.15, -0.1) is 0 Å². The van der Waals surface area contributed by atoms with Crippen LogP contribution in [0.15, 0.2) is 54.6 Å². The SMILES string of the molecule is O=C1N[C@@]2(CCOc3ccccc32)C(=O)N1C[C@@H](O)COc1ccccc1. The van der Waals surface area contributed by atoms with Crippen LogP contribution < -0.4 is 14.8 Å². The third kappa shape index (κ3) is 3.10. The number of hydrogen-bond donors (Lipinski definition) is 2. The first-order valence-electron chi connectivity index (χ1n) is 8.82. The number of ether oxygens (including phenoxy) is 2. The Hall–Kier alpha value is -3.06. The Morgan fingerprint density at radius 1 is 1.15 bits per heavy atom. The van der Waals surface area contributed by atoms with Crippen LogP contribution in [0.25, 0.3) is 0 Å². The zero-order chi connectivity index (χ0) is 18.9. The highest BCUT2D eigenvalue weighted by Crippen LogP contribution is 2.40. The first kappa shape index (κ1) is 17.4. The summed E-state index contributed by atoms with van der Waals surface area (Å²) >= 11 is 0. The number of hydrogen-bond acceptors (Lipinski definition) is 5. The average molecular weight is 368 g/mol. The van der Waals surface area contributed by atoms with E-state index >= 15 is 0 Å². The Balaban J connectivity index is 1.48. The van der Waals surface area contributed by atoms with E-state index < -0.39 is 17.7 Å². The molecule has 1 fully saturated rings. The van der Waals surface area contributed by atoms with Crippen molar-refractivity contribution in [3.63, 3.8) is 0 Å². The van der Waals surface area contributed by atoms with Gasteiger partial charge in [-0.3, -0.25) is 9.69 Å². The number of aliphatic hydroxyl groups is 1. The van der Waals surface area contributed by atoms with Crippen molar-refractivity contribution in [1.82, 2.24) is 10.2 Å². The third-order valence-corrected chi connectivity index (χ3v) is 4.84. The highest BCUT2D eigenvalue weighted by molar-refractivity contribution is 6.08. The minimum Gasteiger partial charge on any atom is -0.493 e. The van der Waals surface area contributed by atoms with Crippen LogP contribution >= 0.6 is 0 Å². The summed E-state index contributed by atoms with van der Waals surface area (Å²) in [6, 6.07) is 15.7. The molecule has 2 aliphatic heterocycles. The standard InChI is InChI=1S/C20H20N2O5/c23-14(13-27-15-6-2-1-3-7-15)12-22-18(24)20(21-19(22)25)10-11-26-17-9-5-4-8-16(17)20/h1-9,14,23H,10-13H2,(H,21,25)/t14-,20-/m1/s1. The largest absolute Gasteiger partial charge is 0.493 e. The number of β-amino-alcohol motifs (C(OH)–C–C–N with tert-alkyl or cyclic N) is 1. The van der Waals surface area contributed by atoms with Crippen molar-refractivity contribution in [1.29, 1.82) is 0 Å². The molecule has 3 amide bonds. The number of urea groups is 1. The lowest BCUT2D eigenvalue weighted by molar-refractivity contribution is -0.133. The lowest BCUT2D eigenvalue weighted by Crippen LogP contribution is -2.48. The van der Waals surface area contributed by atoms with Gasteiger partial charge in [0.25, 0.3) is 5.91 Å². The van der Waals surface area contributed by atoms with Crippen LogP contribution in [-0.2, 0) is 10.3 Å². The van der Waals surface area contributed by atoms with Gasteiger partial charge in [0, 0.05) is 12.0 Å². The fourth-order valence-corrected chi connectivity index (χ4v) is 3.51. The van der Waals surface area contributed by atoms with Crippen LogP contribution in [0, 0.1) is 0 Å². The Morgan fingerprint density at radius 2 is 1.89 bits per heavy atom. The van der Waals surface area contributed by atoms with Crippen LogP contribution in [0.1, 0.15) is 12.0 Å². The molecule has 2 aromatic carbocycles. The van der Waals surface area contributed by atoms with Crippen LogP contribution in [0.2, 0.25) is 0 Å². The van der Waals surface area contributed by atoms with E-state index in [0.717, 1.165) is 4.90 Å². The predicted octanol–water partition coefficient (Wildman–Crippen LogP) is 1.66. The Labute approximate surface area is 156 Å². The summed E-state index contributed by atoms with van der Waals surface area (Å²) in [5.74, 6) is 0.831. The van der Waals surface area contributed by atoms with Crippen LogP contribution in [0.3, 0.4) is 0 Å². The maximum atomic E-state index is 13.1. The van der Waals surface area contributed by atoms with E-state index in [1.165, 1.54) is 0 Å². The topological polar surface area (TPSA) is 88.1 Å². The van der Waals surface area contributed by atoms with E-state index in [0.29, 0.717) is 30.1 Å². The molecule has 0 unspecified atom stereocenters. The molecule has 1 saturated heterocycles. The zero-order valence-corrected chi connectivity index (χ0v) is 14.6. The molecule has 0 radical (unpaired) electrons. The molecule has 1 spiro atoms. The van der Waals surface area contributed by atoms with Crippen molar-refractivity contribution < 1.29 is 24.2 Å². The molecular weight excluding hydrogens is 348 g/mol. The zero-order valence-electron chi connectivity index (χ0n) is 14.6. The number of carbonyl (C=O) groups excluding carboxylic acids is 2. The number of benzene rings is 2. The molecule has 7 heteroatoms. The molecule has 0 aliphatic carbocycles. The number of amides is 3. The molecule has 2 aliphatic rings. The highest BCUT2D eigenvalue weighted by atomic mass is 16.5. The molecule has 2 aromatic rings. The summed E-state index contributed by atoms with van der Waals surface area (Å²) < 4.78 is 11.1.